The summed E-state index contributed by atoms with van der Waals surface area (Å²) >= 11 is 0. The molecule has 0 saturated carbocycles. The summed E-state index contributed by atoms with van der Waals surface area (Å²) in [4.78, 5) is 20.0. The Labute approximate surface area is 135 Å². The fourth-order valence-corrected chi connectivity index (χ4v) is 0.984. The van der Waals surface area contributed by atoms with E-state index in [9.17, 15) is 19.8 Å². The van der Waals surface area contributed by atoms with Crippen LogP contribution in [0.15, 0.2) is 24.3 Å². The van der Waals surface area contributed by atoms with E-state index in [2.05, 4.69) is 13.2 Å². The number of carboxylic acids is 2. The van der Waals surface area contributed by atoms with E-state index in [0.717, 1.165) is 25.7 Å². The quantitative estimate of drug-likeness (QED) is 0.391. The van der Waals surface area contributed by atoms with Gasteiger partial charge in [0.2, 0.25) is 0 Å². The van der Waals surface area contributed by atoms with Gasteiger partial charge < -0.3 is 19.8 Å². The average Bonchev–Trinajstić information content (AvgIpc) is 2.33. The first kappa shape index (κ1) is 23.4. The first-order valence-corrected chi connectivity index (χ1v) is 6.14. The van der Waals surface area contributed by atoms with Crippen LogP contribution in [0.25, 0.3) is 0 Å². The van der Waals surface area contributed by atoms with Gasteiger partial charge >= 0.3 is 27.3 Å². The number of carbonyl (C=O) groups excluding carboxylic acids is 2. The fourth-order valence-electron chi connectivity index (χ4n) is 0.984. The molecule has 0 aliphatic rings. The molecule has 0 aliphatic carbocycles. The van der Waals surface area contributed by atoms with Gasteiger partial charge in [0, 0.05) is 0 Å². The van der Waals surface area contributed by atoms with Crippen molar-refractivity contribution in [2.45, 2.75) is 52.4 Å². The molecule has 4 nitrogen and oxygen atoms in total. The van der Waals surface area contributed by atoms with E-state index in [1.165, 1.54) is 0 Å². The summed E-state index contributed by atoms with van der Waals surface area (Å²) in [5.41, 5.74) is 0.411. The monoisotopic (exact) mass is 462 g/mol. The zero-order valence-electron chi connectivity index (χ0n) is 11.8. The summed E-state index contributed by atoms with van der Waals surface area (Å²) in [5, 5.41) is 20.0. The van der Waals surface area contributed by atoms with Crippen LogP contribution in [0, 0.1) is 0 Å². The molecule has 0 unspecified atom stereocenters. The molecule has 2 radical (unpaired) electrons. The topological polar surface area (TPSA) is 80.3 Å². The Bertz CT molecular complexity index is 268. The first-order chi connectivity index (χ1) is 8.36. The van der Waals surface area contributed by atoms with E-state index < -0.39 is 11.9 Å². The largest absolute Gasteiger partial charge is 2.00 e. The van der Waals surface area contributed by atoms with Crippen molar-refractivity contribution in [3.63, 3.8) is 0 Å². The van der Waals surface area contributed by atoms with Gasteiger partial charge in [-0.3, -0.25) is 0 Å². The molecule has 0 aromatic heterocycles. The molecule has 0 fully saturated rings. The van der Waals surface area contributed by atoms with Crippen molar-refractivity contribution in [2.75, 3.05) is 0 Å². The summed E-state index contributed by atoms with van der Waals surface area (Å²) in [6.07, 6.45) is 4.86. The Morgan fingerprint density at radius 2 is 1.11 bits per heavy atom. The summed E-state index contributed by atoms with van der Waals surface area (Å²) in [7, 11) is 0. The minimum absolute atomic E-state index is 0. The number of hydrogen-bond acceptors (Lipinski definition) is 4. The maximum Gasteiger partial charge on any atom is 2.00 e. The maximum absolute atomic E-state index is 9.99. The molecule has 0 aromatic rings. The second-order valence-electron chi connectivity index (χ2n) is 3.99. The number of aliphatic carboxylic acids is 2. The van der Waals surface area contributed by atoms with Gasteiger partial charge in [0.05, 0.1) is 11.9 Å². The number of carboxylic acid groups (broad SMARTS) is 2. The molecule has 0 heterocycles. The van der Waals surface area contributed by atoms with Crippen molar-refractivity contribution in [3.8, 4) is 0 Å². The van der Waals surface area contributed by atoms with Gasteiger partial charge in [-0.1, -0.05) is 39.8 Å². The smallest absolute Gasteiger partial charge is 0.545 e. The van der Waals surface area contributed by atoms with Crippen molar-refractivity contribution in [1.82, 2.24) is 0 Å². The zero-order chi connectivity index (χ0) is 14.6. The molecule has 0 spiro atoms. The molecular formula is C14H22O4Pb. The normalized spacial score (nSPS) is 8.53. The van der Waals surface area contributed by atoms with E-state index >= 15 is 0 Å². The standard InChI is InChI=1S/2C7H12O2.Pb/c2*1-3-4-5-6(2)7(8)9;/h2*2-5H2,1H3,(H,8,9);/q;;+2/p-2. The second-order valence-corrected chi connectivity index (χ2v) is 3.99. The Kier molecular flexibility index (Phi) is 19.0. The van der Waals surface area contributed by atoms with Crippen molar-refractivity contribution >= 4 is 39.2 Å². The van der Waals surface area contributed by atoms with Crippen LogP contribution in [-0.4, -0.2) is 39.2 Å². The Morgan fingerprint density at radius 3 is 1.26 bits per heavy atom. The molecule has 0 aromatic carbocycles. The van der Waals surface area contributed by atoms with E-state index in [1.54, 1.807) is 0 Å². The third kappa shape index (κ3) is 17.3. The van der Waals surface area contributed by atoms with Crippen LogP contribution >= 0.6 is 0 Å². The van der Waals surface area contributed by atoms with Crippen molar-refractivity contribution in [2.24, 2.45) is 0 Å². The summed E-state index contributed by atoms with van der Waals surface area (Å²) in [6, 6.07) is 0. The molecule has 0 N–H and O–H groups in total. The molecule has 0 rings (SSSR count). The summed E-state index contributed by atoms with van der Waals surface area (Å²) in [5.74, 6) is -2.24. The van der Waals surface area contributed by atoms with Crippen molar-refractivity contribution < 1.29 is 19.8 Å². The molecular weight excluding hydrogens is 439 g/mol. The molecule has 0 saturated heterocycles. The summed E-state index contributed by atoms with van der Waals surface area (Å²) < 4.78 is 0. The minimum Gasteiger partial charge on any atom is -0.545 e. The van der Waals surface area contributed by atoms with Gasteiger partial charge in [-0.15, -0.1) is 0 Å². The fraction of sp³-hybridized carbons (Fsp3) is 0.571. The van der Waals surface area contributed by atoms with Crippen LogP contribution in [0.5, 0.6) is 0 Å². The van der Waals surface area contributed by atoms with E-state index in [0.29, 0.717) is 12.8 Å². The van der Waals surface area contributed by atoms with Crippen molar-refractivity contribution in [1.29, 1.82) is 0 Å². The van der Waals surface area contributed by atoms with Crippen LogP contribution in [0.1, 0.15) is 52.4 Å². The van der Waals surface area contributed by atoms with Gasteiger partial charge in [-0.05, 0) is 36.8 Å². The average molecular weight is 462 g/mol. The van der Waals surface area contributed by atoms with Crippen molar-refractivity contribution in [3.05, 3.63) is 24.3 Å². The first-order valence-electron chi connectivity index (χ1n) is 6.14. The molecule has 5 heteroatoms. The minimum atomic E-state index is -1.12. The van der Waals surface area contributed by atoms with E-state index in [-0.39, 0.29) is 38.4 Å². The molecule has 0 bridgehead atoms. The molecule has 19 heavy (non-hydrogen) atoms. The van der Waals surface area contributed by atoms with Crippen LogP contribution in [0.2, 0.25) is 0 Å². The molecule has 0 atom stereocenters. The SMILES string of the molecule is C=C(CCCC)C(=O)[O-].C=C(CCCC)C(=O)[O-].[Pb+2]. The number of unbranched alkanes of at least 4 members (excludes halogenated alkanes) is 2. The maximum atomic E-state index is 9.99. The molecule has 0 aliphatic heterocycles. The number of rotatable bonds is 8. The third-order valence-corrected chi connectivity index (χ3v) is 2.24. The van der Waals surface area contributed by atoms with E-state index in [4.69, 9.17) is 0 Å². The second kappa shape index (κ2) is 15.4. The number of carbonyl (C=O) groups is 2. The zero-order valence-corrected chi connectivity index (χ0v) is 15.7. The van der Waals surface area contributed by atoms with Gasteiger partial charge in [0.15, 0.2) is 0 Å². The van der Waals surface area contributed by atoms with Gasteiger partial charge in [-0.2, -0.15) is 0 Å². The summed E-state index contributed by atoms with van der Waals surface area (Å²) in [6.45, 7) is 10.7. The van der Waals surface area contributed by atoms with Gasteiger partial charge in [0.1, 0.15) is 0 Å². The predicted octanol–water partition coefficient (Wildman–Crippen LogP) is 0.585. The molecule has 106 valence electrons. The van der Waals surface area contributed by atoms with Crippen LogP contribution in [0.4, 0.5) is 0 Å². The van der Waals surface area contributed by atoms with Gasteiger partial charge in [-0.25, -0.2) is 0 Å². The van der Waals surface area contributed by atoms with Crippen LogP contribution in [-0.2, 0) is 9.59 Å². The predicted molar refractivity (Wildman–Crippen MR) is 73.1 cm³/mol. The van der Waals surface area contributed by atoms with E-state index in [1.807, 2.05) is 13.8 Å². The van der Waals surface area contributed by atoms with Crippen LogP contribution < -0.4 is 10.2 Å². The van der Waals surface area contributed by atoms with Crippen LogP contribution in [0.3, 0.4) is 0 Å². The van der Waals surface area contributed by atoms with Gasteiger partial charge in [0.25, 0.3) is 0 Å². The Balaban J connectivity index is -0.000000256. The number of hydrogen-bond donors (Lipinski definition) is 0. The Morgan fingerprint density at radius 1 is 0.842 bits per heavy atom. The molecule has 0 amide bonds. The Hall–Kier alpha value is -0.658. The third-order valence-electron chi connectivity index (χ3n) is 2.24.